The molecule has 5 nitrogen and oxygen atoms in total. The molecule has 0 aromatic rings. The number of carbonyl (C=O) groups is 2. The van der Waals surface area contributed by atoms with E-state index in [2.05, 4.69) is 5.32 Å². The molecule has 2 unspecified atom stereocenters. The first-order chi connectivity index (χ1) is 7.56. The van der Waals surface area contributed by atoms with Crippen molar-refractivity contribution in [3.05, 3.63) is 0 Å². The van der Waals surface area contributed by atoms with Gasteiger partial charge in [-0.3, -0.25) is 14.5 Å². The second-order valence-corrected chi connectivity index (χ2v) is 4.35. The first kappa shape index (κ1) is 13.0. The van der Waals surface area contributed by atoms with Gasteiger partial charge in [-0.05, 0) is 26.3 Å². The summed E-state index contributed by atoms with van der Waals surface area (Å²) in [6.45, 7) is 2.96. The second-order valence-electron chi connectivity index (χ2n) is 4.35. The zero-order chi connectivity index (χ0) is 12.1. The average Bonchev–Trinajstić information content (AvgIpc) is 2.11. The SMILES string of the molecule is CCCNC(=O)CN(C)C1CCC1C(=O)O. The zero-order valence-electron chi connectivity index (χ0n) is 9.90. The fourth-order valence-corrected chi connectivity index (χ4v) is 1.96. The third-order valence-corrected chi connectivity index (χ3v) is 3.09. The maximum atomic E-state index is 11.4. The number of hydrogen-bond acceptors (Lipinski definition) is 3. The minimum Gasteiger partial charge on any atom is -0.481 e. The molecular weight excluding hydrogens is 208 g/mol. The number of aliphatic carboxylic acids is 1. The molecule has 0 radical (unpaired) electrons. The molecule has 1 rings (SSSR count). The monoisotopic (exact) mass is 228 g/mol. The molecule has 1 fully saturated rings. The first-order valence-electron chi connectivity index (χ1n) is 5.76. The highest BCUT2D eigenvalue weighted by Crippen LogP contribution is 2.31. The van der Waals surface area contributed by atoms with Gasteiger partial charge in [-0.1, -0.05) is 6.92 Å². The van der Waals surface area contributed by atoms with Gasteiger partial charge in [-0.15, -0.1) is 0 Å². The number of hydrogen-bond donors (Lipinski definition) is 2. The van der Waals surface area contributed by atoms with E-state index in [4.69, 9.17) is 5.11 Å². The smallest absolute Gasteiger partial charge is 0.308 e. The van der Waals surface area contributed by atoms with Crippen molar-refractivity contribution < 1.29 is 14.7 Å². The maximum Gasteiger partial charge on any atom is 0.308 e. The van der Waals surface area contributed by atoms with Crippen molar-refractivity contribution in [3.63, 3.8) is 0 Å². The van der Waals surface area contributed by atoms with Gasteiger partial charge in [-0.2, -0.15) is 0 Å². The van der Waals surface area contributed by atoms with Crippen molar-refractivity contribution in [2.45, 2.75) is 32.2 Å². The molecule has 0 spiro atoms. The Balaban J connectivity index is 2.32. The average molecular weight is 228 g/mol. The Hall–Kier alpha value is -1.10. The normalized spacial score (nSPS) is 23.9. The highest BCUT2D eigenvalue weighted by Gasteiger charge is 2.39. The third kappa shape index (κ3) is 3.20. The van der Waals surface area contributed by atoms with Gasteiger partial charge >= 0.3 is 5.97 Å². The van der Waals surface area contributed by atoms with Gasteiger partial charge in [0, 0.05) is 12.6 Å². The topological polar surface area (TPSA) is 69.6 Å². The van der Waals surface area contributed by atoms with Crippen LogP contribution < -0.4 is 5.32 Å². The van der Waals surface area contributed by atoms with Crippen LogP contribution in [-0.4, -0.2) is 48.1 Å². The maximum absolute atomic E-state index is 11.4. The molecule has 1 aliphatic rings. The number of carbonyl (C=O) groups excluding carboxylic acids is 1. The molecular formula is C11H20N2O3. The summed E-state index contributed by atoms with van der Waals surface area (Å²) in [4.78, 5) is 24.1. The summed E-state index contributed by atoms with van der Waals surface area (Å²) in [7, 11) is 1.81. The van der Waals surface area contributed by atoms with Gasteiger partial charge in [0.25, 0.3) is 0 Å². The molecule has 0 saturated heterocycles. The Morgan fingerprint density at radius 2 is 2.12 bits per heavy atom. The molecule has 16 heavy (non-hydrogen) atoms. The summed E-state index contributed by atoms with van der Waals surface area (Å²) >= 11 is 0. The number of carboxylic acids is 1. The van der Waals surface area contributed by atoms with Gasteiger partial charge in [0.15, 0.2) is 0 Å². The molecule has 92 valence electrons. The van der Waals surface area contributed by atoms with E-state index in [9.17, 15) is 9.59 Å². The Morgan fingerprint density at radius 1 is 1.44 bits per heavy atom. The summed E-state index contributed by atoms with van der Waals surface area (Å²) in [6.07, 6.45) is 2.51. The molecule has 2 N–H and O–H groups in total. The summed E-state index contributed by atoms with van der Waals surface area (Å²) in [5, 5.41) is 11.7. The van der Waals surface area contributed by atoms with Crippen molar-refractivity contribution in [1.29, 1.82) is 0 Å². The molecule has 5 heteroatoms. The Kier molecular flexibility index (Phi) is 4.73. The minimum atomic E-state index is -0.753. The van der Waals surface area contributed by atoms with Crippen LogP contribution in [-0.2, 0) is 9.59 Å². The summed E-state index contributed by atoms with van der Waals surface area (Å²) in [5.74, 6) is -1.08. The molecule has 0 heterocycles. The lowest BCUT2D eigenvalue weighted by atomic mass is 9.79. The molecule has 2 atom stereocenters. The van der Waals surface area contributed by atoms with E-state index in [0.717, 1.165) is 19.3 Å². The van der Waals surface area contributed by atoms with Gasteiger partial charge < -0.3 is 10.4 Å². The van der Waals surface area contributed by atoms with Gasteiger partial charge in [0.2, 0.25) is 5.91 Å². The third-order valence-electron chi connectivity index (χ3n) is 3.09. The van der Waals surface area contributed by atoms with Crippen molar-refractivity contribution in [2.75, 3.05) is 20.1 Å². The second kappa shape index (κ2) is 5.84. The van der Waals surface area contributed by atoms with E-state index < -0.39 is 5.97 Å². The summed E-state index contributed by atoms with van der Waals surface area (Å²) in [6, 6.07) is 0.0184. The van der Waals surface area contributed by atoms with Crippen LogP contribution in [0.5, 0.6) is 0 Å². The van der Waals surface area contributed by atoms with Crippen molar-refractivity contribution >= 4 is 11.9 Å². The van der Waals surface area contributed by atoms with Crippen LogP contribution in [0.3, 0.4) is 0 Å². The predicted octanol–water partition coefficient (Wildman–Crippen LogP) is 0.308. The number of nitrogens with one attached hydrogen (secondary N) is 1. The predicted molar refractivity (Wildman–Crippen MR) is 60.1 cm³/mol. The fourth-order valence-electron chi connectivity index (χ4n) is 1.96. The van der Waals surface area contributed by atoms with Gasteiger partial charge in [0.1, 0.15) is 0 Å². The Bertz CT molecular complexity index is 268. The summed E-state index contributed by atoms with van der Waals surface area (Å²) < 4.78 is 0. The van der Waals surface area contributed by atoms with E-state index in [1.54, 1.807) is 0 Å². The standard InChI is InChI=1S/C11H20N2O3/c1-3-6-12-10(14)7-13(2)9-5-4-8(9)11(15)16/h8-9H,3-7H2,1-2H3,(H,12,14)(H,15,16). The molecule has 0 aliphatic heterocycles. The summed E-state index contributed by atoms with van der Waals surface area (Å²) in [5.41, 5.74) is 0. The lowest BCUT2D eigenvalue weighted by molar-refractivity contribution is -0.149. The quantitative estimate of drug-likeness (QED) is 0.686. The fraction of sp³-hybridized carbons (Fsp3) is 0.818. The number of nitrogens with zero attached hydrogens (tertiary/aromatic N) is 1. The van der Waals surface area contributed by atoms with Crippen LogP contribution in [0.2, 0.25) is 0 Å². The van der Waals surface area contributed by atoms with Crippen LogP contribution in [0.25, 0.3) is 0 Å². The Labute approximate surface area is 95.8 Å². The number of rotatable bonds is 6. The molecule has 0 bridgehead atoms. The Morgan fingerprint density at radius 3 is 2.56 bits per heavy atom. The van der Waals surface area contributed by atoms with Crippen LogP contribution in [0.15, 0.2) is 0 Å². The van der Waals surface area contributed by atoms with Crippen molar-refractivity contribution in [2.24, 2.45) is 5.92 Å². The highest BCUT2D eigenvalue weighted by molar-refractivity contribution is 5.78. The lowest BCUT2D eigenvalue weighted by Crippen LogP contribution is -2.51. The molecule has 0 aromatic carbocycles. The molecule has 0 aromatic heterocycles. The first-order valence-corrected chi connectivity index (χ1v) is 5.76. The number of amides is 1. The van der Waals surface area contributed by atoms with Crippen molar-refractivity contribution in [1.82, 2.24) is 10.2 Å². The number of likely N-dealkylation sites (N-methyl/N-ethyl adjacent to an activating group) is 1. The van der Waals surface area contributed by atoms with Gasteiger partial charge in [0.05, 0.1) is 12.5 Å². The number of carboxylic acid groups (broad SMARTS) is 1. The zero-order valence-corrected chi connectivity index (χ0v) is 9.90. The largest absolute Gasteiger partial charge is 0.481 e. The van der Waals surface area contributed by atoms with E-state index in [0.29, 0.717) is 6.54 Å². The van der Waals surface area contributed by atoms with Crippen LogP contribution >= 0.6 is 0 Å². The molecule has 1 saturated carbocycles. The molecule has 1 aliphatic carbocycles. The molecule has 1 amide bonds. The lowest BCUT2D eigenvalue weighted by Gasteiger charge is -2.39. The van der Waals surface area contributed by atoms with E-state index in [-0.39, 0.29) is 24.4 Å². The minimum absolute atomic E-state index is 0.0184. The highest BCUT2D eigenvalue weighted by atomic mass is 16.4. The van der Waals surface area contributed by atoms with E-state index >= 15 is 0 Å². The van der Waals surface area contributed by atoms with E-state index in [1.165, 1.54) is 0 Å². The van der Waals surface area contributed by atoms with Crippen molar-refractivity contribution in [3.8, 4) is 0 Å². The van der Waals surface area contributed by atoms with Gasteiger partial charge in [-0.25, -0.2) is 0 Å². The van der Waals surface area contributed by atoms with E-state index in [1.807, 2.05) is 18.9 Å². The van der Waals surface area contributed by atoms with Crippen LogP contribution in [0, 0.1) is 5.92 Å². The van der Waals surface area contributed by atoms with Crippen LogP contribution in [0.4, 0.5) is 0 Å². The van der Waals surface area contributed by atoms with Crippen LogP contribution in [0.1, 0.15) is 26.2 Å².